The average molecular weight is 240 g/mol. The van der Waals surface area contributed by atoms with Crippen LogP contribution in [0.5, 0.6) is 0 Å². The van der Waals surface area contributed by atoms with E-state index < -0.39 is 0 Å². The van der Waals surface area contributed by atoms with Crippen LogP contribution in [0.4, 0.5) is 0 Å². The lowest BCUT2D eigenvalue weighted by Crippen LogP contribution is -2.49. The zero-order valence-electron chi connectivity index (χ0n) is 10.0. The van der Waals surface area contributed by atoms with Crippen molar-refractivity contribution in [2.45, 2.75) is 50.6 Å². The summed E-state index contributed by atoms with van der Waals surface area (Å²) in [6.45, 7) is 0.374. The van der Waals surface area contributed by atoms with Gasteiger partial charge < -0.3 is 15.3 Å². The van der Waals surface area contributed by atoms with Gasteiger partial charge in [-0.1, -0.05) is 12.8 Å². The van der Waals surface area contributed by atoms with E-state index in [0.29, 0.717) is 19.4 Å². The molecule has 17 heavy (non-hydrogen) atoms. The normalized spacial score (nSPS) is 25.0. The van der Waals surface area contributed by atoms with Gasteiger partial charge in [-0.3, -0.25) is 9.59 Å². The van der Waals surface area contributed by atoms with E-state index >= 15 is 0 Å². The molecule has 0 aromatic carbocycles. The summed E-state index contributed by atoms with van der Waals surface area (Å²) in [6.07, 6.45) is 5.37. The molecule has 5 nitrogen and oxygen atoms in total. The summed E-state index contributed by atoms with van der Waals surface area (Å²) in [5.74, 6) is -0.0597. The van der Waals surface area contributed by atoms with Gasteiger partial charge in [0.05, 0.1) is 6.61 Å². The summed E-state index contributed by atoms with van der Waals surface area (Å²) >= 11 is 0. The third-order valence-corrected chi connectivity index (χ3v) is 3.68. The molecule has 1 aliphatic heterocycles. The van der Waals surface area contributed by atoms with E-state index in [0.717, 1.165) is 25.7 Å². The molecule has 0 bridgehead atoms. The second-order valence-electron chi connectivity index (χ2n) is 4.85. The van der Waals surface area contributed by atoms with Gasteiger partial charge in [-0.05, 0) is 19.3 Å². The highest BCUT2D eigenvalue weighted by Crippen LogP contribution is 2.24. The predicted molar refractivity (Wildman–Crippen MR) is 62.2 cm³/mol. The Labute approximate surface area is 101 Å². The van der Waals surface area contributed by atoms with Crippen molar-refractivity contribution in [3.05, 3.63) is 0 Å². The van der Waals surface area contributed by atoms with Gasteiger partial charge in [0.2, 0.25) is 11.8 Å². The van der Waals surface area contributed by atoms with Crippen LogP contribution in [0.2, 0.25) is 0 Å². The number of nitrogens with zero attached hydrogens (tertiary/aromatic N) is 1. The summed E-state index contributed by atoms with van der Waals surface area (Å²) in [6, 6.07) is -0.109. The largest absolute Gasteiger partial charge is 0.395 e. The third-order valence-electron chi connectivity index (χ3n) is 3.68. The third kappa shape index (κ3) is 2.77. The molecule has 1 saturated heterocycles. The van der Waals surface area contributed by atoms with Gasteiger partial charge in [-0.15, -0.1) is 0 Å². The lowest BCUT2D eigenvalue weighted by Gasteiger charge is -2.30. The van der Waals surface area contributed by atoms with E-state index in [1.165, 1.54) is 0 Å². The van der Waals surface area contributed by atoms with Crippen molar-refractivity contribution in [1.29, 1.82) is 0 Å². The maximum atomic E-state index is 12.3. The highest BCUT2D eigenvalue weighted by atomic mass is 16.3. The van der Waals surface area contributed by atoms with Crippen LogP contribution in [-0.2, 0) is 9.59 Å². The van der Waals surface area contributed by atoms with E-state index in [1.807, 2.05) is 0 Å². The first-order chi connectivity index (χ1) is 8.22. The summed E-state index contributed by atoms with van der Waals surface area (Å²) in [5, 5.41) is 11.8. The maximum absolute atomic E-state index is 12.3. The van der Waals surface area contributed by atoms with Crippen molar-refractivity contribution >= 4 is 11.8 Å². The van der Waals surface area contributed by atoms with Crippen LogP contribution in [0.1, 0.15) is 38.5 Å². The van der Waals surface area contributed by atoms with Gasteiger partial charge in [-0.25, -0.2) is 0 Å². The minimum Gasteiger partial charge on any atom is -0.395 e. The summed E-state index contributed by atoms with van der Waals surface area (Å²) < 4.78 is 0. The second-order valence-corrected chi connectivity index (χ2v) is 4.85. The van der Waals surface area contributed by atoms with E-state index in [4.69, 9.17) is 5.11 Å². The molecule has 2 fully saturated rings. The van der Waals surface area contributed by atoms with Crippen molar-refractivity contribution in [3.63, 3.8) is 0 Å². The Hall–Kier alpha value is -1.10. The molecule has 2 aliphatic rings. The molecule has 0 spiro atoms. The van der Waals surface area contributed by atoms with Gasteiger partial charge in [0.1, 0.15) is 6.04 Å². The topological polar surface area (TPSA) is 69.6 Å². The van der Waals surface area contributed by atoms with Crippen LogP contribution in [0, 0.1) is 0 Å². The summed E-state index contributed by atoms with van der Waals surface area (Å²) in [4.78, 5) is 25.2. The zero-order valence-corrected chi connectivity index (χ0v) is 10.0. The van der Waals surface area contributed by atoms with E-state index in [-0.39, 0.29) is 30.5 Å². The van der Waals surface area contributed by atoms with E-state index in [2.05, 4.69) is 5.32 Å². The number of amides is 2. The van der Waals surface area contributed by atoms with E-state index in [1.54, 1.807) is 4.90 Å². The van der Waals surface area contributed by atoms with Crippen molar-refractivity contribution in [3.8, 4) is 0 Å². The number of carbonyl (C=O) groups excluding carboxylic acids is 2. The smallest absolute Gasteiger partial charge is 0.245 e. The second kappa shape index (κ2) is 5.49. The molecule has 0 unspecified atom stereocenters. The van der Waals surface area contributed by atoms with Gasteiger partial charge in [0.15, 0.2) is 0 Å². The van der Waals surface area contributed by atoms with Crippen LogP contribution in [0.15, 0.2) is 0 Å². The fourth-order valence-corrected chi connectivity index (χ4v) is 2.80. The van der Waals surface area contributed by atoms with Crippen molar-refractivity contribution in [1.82, 2.24) is 10.2 Å². The predicted octanol–water partition coefficient (Wildman–Crippen LogP) is 0.0285. The molecule has 2 rings (SSSR count). The number of rotatable bonds is 4. The van der Waals surface area contributed by atoms with Gasteiger partial charge >= 0.3 is 0 Å². The fraction of sp³-hybridized carbons (Fsp3) is 0.833. The Morgan fingerprint density at radius 2 is 2.06 bits per heavy atom. The molecule has 1 atom stereocenters. The number of hydrogen-bond acceptors (Lipinski definition) is 3. The molecule has 2 N–H and O–H groups in total. The number of nitrogens with one attached hydrogen (secondary N) is 1. The molecule has 1 saturated carbocycles. The molecular weight excluding hydrogens is 220 g/mol. The van der Waals surface area contributed by atoms with Crippen molar-refractivity contribution in [2.75, 3.05) is 13.2 Å². The van der Waals surface area contributed by atoms with Crippen LogP contribution < -0.4 is 5.32 Å². The molecule has 1 aliphatic carbocycles. The molecule has 2 amide bonds. The van der Waals surface area contributed by atoms with Crippen LogP contribution in [0.25, 0.3) is 0 Å². The summed E-state index contributed by atoms with van der Waals surface area (Å²) in [5.41, 5.74) is 0. The first-order valence-electron chi connectivity index (χ1n) is 6.43. The minimum absolute atomic E-state index is 0.0110. The Morgan fingerprint density at radius 1 is 1.35 bits per heavy atom. The quantitative estimate of drug-likeness (QED) is 0.728. The first kappa shape index (κ1) is 12.4. The Morgan fingerprint density at radius 3 is 2.59 bits per heavy atom. The number of hydrogen-bond donors (Lipinski definition) is 2. The van der Waals surface area contributed by atoms with Crippen LogP contribution in [0.3, 0.4) is 0 Å². The average Bonchev–Trinajstić information content (AvgIpc) is 2.95. The number of carbonyl (C=O) groups is 2. The highest BCUT2D eigenvalue weighted by Gasteiger charge is 2.34. The minimum atomic E-state index is -0.366. The van der Waals surface area contributed by atoms with Crippen LogP contribution in [-0.4, -0.2) is 47.1 Å². The lowest BCUT2D eigenvalue weighted by molar-refractivity contribution is -0.137. The molecule has 0 aromatic rings. The van der Waals surface area contributed by atoms with Crippen molar-refractivity contribution < 1.29 is 14.7 Å². The lowest BCUT2D eigenvalue weighted by atomic mass is 10.1. The Balaban J connectivity index is 1.99. The van der Waals surface area contributed by atoms with Gasteiger partial charge in [0.25, 0.3) is 0 Å². The molecule has 0 aromatic heterocycles. The summed E-state index contributed by atoms with van der Waals surface area (Å²) in [7, 11) is 0. The monoisotopic (exact) mass is 240 g/mol. The number of aliphatic hydroxyl groups is 1. The van der Waals surface area contributed by atoms with Crippen molar-refractivity contribution in [2.24, 2.45) is 0 Å². The molecular formula is C12H20N2O3. The Bertz CT molecular complexity index is 300. The molecule has 1 heterocycles. The SMILES string of the molecule is O=C1CC[C@H](C(=O)N(CCO)C2CCCC2)N1. The van der Waals surface area contributed by atoms with Gasteiger partial charge in [0, 0.05) is 19.0 Å². The standard InChI is InChI=1S/C12H20N2O3/c15-8-7-14(9-3-1-2-4-9)12(17)10-5-6-11(16)13-10/h9-10,15H,1-8H2,(H,13,16)/t10-/m1/s1. The van der Waals surface area contributed by atoms with E-state index in [9.17, 15) is 9.59 Å². The molecule has 96 valence electrons. The highest BCUT2D eigenvalue weighted by molar-refractivity contribution is 5.91. The first-order valence-corrected chi connectivity index (χ1v) is 6.43. The fourth-order valence-electron chi connectivity index (χ4n) is 2.80. The van der Waals surface area contributed by atoms with Crippen LogP contribution >= 0.6 is 0 Å². The maximum Gasteiger partial charge on any atom is 0.245 e. The number of aliphatic hydroxyl groups excluding tert-OH is 1. The zero-order chi connectivity index (χ0) is 12.3. The molecule has 5 heteroatoms. The Kier molecular flexibility index (Phi) is 3.99. The van der Waals surface area contributed by atoms with Gasteiger partial charge in [-0.2, -0.15) is 0 Å². The molecule has 0 radical (unpaired) electrons.